The molecule has 0 amide bonds. The van der Waals surface area contributed by atoms with Crippen molar-refractivity contribution in [1.82, 2.24) is 5.32 Å². The Labute approximate surface area is 103 Å². The summed E-state index contributed by atoms with van der Waals surface area (Å²) in [6.07, 6.45) is 3.52. The molecule has 3 heteroatoms. The molecule has 2 unspecified atom stereocenters. The zero-order chi connectivity index (χ0) is 12.8. The molecular formula is C14H23NO2. The number of nitrogens with one attached hydrogen (secondary N) is 1. The number of rotatable bonds is 6. The molecule has 0 aliphatic carbocycles. The predicted molar refractivity (Wildman–Crippen MR) is 70.3 cm³/mol. The van der Waals surface area contributed by atoms with Crippen LogP contribution < -0.4 is 5.32 Å². The molecule has 1 aromatic carbocycles. The fourth-order valence-electron chi connectivity index (χ4n) is 2.00. The maximum atomic E-state index is 9.74. The van der Waals surface area contributed by atoms with E-state index in [1.165, 1.54) is 25.0 Å². The van der Waals surface area contributed by atoms with Gasteiger partial charge >= 0.3 is 0 Å². The Kier molecular flexibility index (Phi) is 5.29. The Morgan fingerprint density at radius 1 is 1.24 bits per heavy atom. The number of aromatic hydroxyl groups is 2. The van der Waals surface area contributed by atoms with Gasteiger partial charge in [-0.25, -0.2) is 0 Å². The van der Waals surface area contributed by atoms with Gasteiger partial charge in [-0.2, -0.15) is 0 Å². The van der Waals surface area contributed by atoms with Crippen LogP contribution in [0.15, 0.2) is 18.2 Å². The second-order valence-corrected chi connectivity index (χ2v) is 4.67. The molecule has 17 heavy (non-hydrogen) atoms. The van der Waals surface area contributed by atoms with E-state index in [2.05, 4.69) is 19.2 Å². The topological polar surface area (TPSA) is 52.5 Å². The summed E-state index contributed by atoms with van der Waals surface area (Å²) in [5.41, 5.74) is 0.744. The minimum Gasteiger partial charge on any atom is -0.508 e. The summed E-state index contributed by atoms with van der Waals surface area (Å²) in [4.78, 5) is 0. The van der Waals surface area contributed by atoms with Crippen molar-refractivity contribution in [1.29, 1.82) is 0 Å². The highest BCUT2D eigenvalue weighted by molar-refractivity contribution is 5.40. The monoisotopic (exact) mass is 237 g/mol. The summed E-state index contributed by atoms with van der Waals surface area (Å²) >= 11 is 0. The van der Waals surface area contributed by atoms with Gasteiger partial charge in [-0.3, -0.25) is 0 Å². The lowest BCUT2D eigenvalue weighted by molar-refractivity contribution is 0.414. The van der Waals surface area contributed by atoms with E-state index in [1.54, 1.807) is 6.07 Å². The molecule has 0 saturated carbocycles. The van der Waals surface area contributed by atoms with Crippen molar-refractivity contribution >= 4 is 0 Å². The SMILES string of the molecule is CCCCC(C)NC(C)c1cc(O)ccc1O. The van der Waals surface area contributed by atoms with E-state index in [1.807, 2.05) is 6.92 Å². The van der Waals surface area contributed by atoms with Gasteiger partial charge < -0.3 is 15.5 Å². The molecule has 0 aromatic heterocycles. The predicted octanol–water partition coefficient (Wildman–Crippen LogP) is 3.33. The fourth-order valence-corrected chi connectivity index (χ4v) is 2.00. The minimum absolute atomic E-state index is 0.0361. The second-order valence-electron chi connectivity index (χ2n) is 4.67. The Hall–Kier alpha value is -1.22. The summed E-state index contributed by atoms with van der Waals surface area (Å²) in [5.74, 6) is 0.415. The molecule has 2 atom stereocenters. The molecule has 1 aromatic rings. The minimum atomic E-state index is 0.0361. The van der Waals surface area contributed by atoms with Crippen LogP contribution in [0.25, 0.3) is 0 Å². The molecule has 0 saturated heterocycles. The van der Waals surface area contributed by atoms with E-state index >= 15 is 0 Å². The van der Waals surface area contributed by atoms with Gasteiger partial charge in [0, 0.05) is 17.6 Å². The standard InChI is InChI=1S/C14H23NO2/c1-4-5-6-10(2)15-11(3)13-9-12(16)7-8-14(13)17/h7-11,15-17H,4-6H2,1-3H3. The van der Waals surface area contributed by atoms with Crippen molar-refractivity contribution in [2.24, 2.45) is 0 Å². The van der Waals surface area contributed by atoms with Crippen molar-refractivity contribution in [3.63, 3.8) is 0 Å². The van der Waals surface area contributed by atoms with E-state index in [0.29, 0.717) is 6.04 Å². The maximum Gasteiger partial charge on any atom is 0.120 e. The molecule has 0 aliphatic rings. The van der Waals surface area contributed by atoms with Crippen LogP contribution in [0.3, 0.4) is 0 Å². The van der Waals surface area contributed by atoms with E-state index in [4.69, 9.17) is 0 Å². The number of phenols is 2. The van der Waals surface area contributed by atoms with Crippen LogP contribution in [0, 0.1) is 0 Å². The van der Waals surface area contributed by atoms with Gasteiger partial charge in [0.15, 0.2) is 0 Å². The van der Waals surface area contributed by atoms with Gasteiger partial charge in [0.05, 0.1) is 0 Å². The lowest BCUT2D eigenvalue weighted by Crippen LogP contribution is -2.28. The summed E-state index contributed by atoms with van der Waals surface area (Å²) in [6.45, 7) is 6.32. The third-order valence-corrected chi connectivity index (χ3v) is 3.00. The highest BCUT2D eigenvalue weighted by Gasteiger charge is 2.13. The zero-order valence-electron chi connectivity index (χ0n) is 10.9. The van der Waals surface area contributed by atoms with Crippen LogP contribution in [-0.4, -0.2) is 16.3 Å². The highest BCUT2D eigenvalue weighted by atomic mass is 16.3. The van der Waals surface area contributed by atoms with Crippen LogP contribution in [0.2, 0.25) is 0 Å². The normalized spacial score (nSPS) is 14.5. The number of hydrogen-bond acceptors (Lipinski definition) is 3. The van der Waals surface area contributed by atoms with Crippen LogP contribution in [-0.2, 0) is 0 Å². The average molecular weight is 237 g/mol. The summed E-state index contributed by atoms with van der Waals surface area (Å²) in [5, 5.41) is 22.6. The van der Waals surface area contributed by atoms with Gasteiger partial charge in [0.2, 0.25) is 0 Å². The van der Waals surface area contributed by atoms with Crippen LogP contribution in [0.5, 0.6) is 11.5 Å². The van der Waals surface area contributed by atoms with Gasteiger partial charge in [-0.15, -0.1) is 0 Å². The first-order valence-electron chi connectivity index (χ1n) is 6.32. The van der Waals surface area contributed by atoms with Gasteiger partial charge in [0.25, 0.3) is 0 Å². The molecule has 0 heterocycles. The summed E-state index contributed by atoms with van der Waals surface area (Å²) in [7, 11) is 0. The molecule has 0 aliphatic heterocycles. The van der Waals surface area contributed by atoms with Crippen molar-refractivity contribution in [3.05, 3.63) is 23.8 Å². The maximum absolute atomic E-state index is 9.74. The van der Waals surface area contributed by atoms with E-state index < -0.39 is 0 Å². The fraction of sp³-hybridized carbons (Fsp3) is 0.571. The van der Waals surface area contributed by atoms with Crippen LogP contribution in [0.1, 0.15) is 51.6 Å². The molecular weight excluding hydrogens is 214 g/mol. The molecule has 3 nitrogen and oxygen atoms in total. The Bertz CT molecular complexity index is 352. The Morgan fingerprint density at radius 3 is 2.59 bits per heavy atom. The summed E-state index contributed by atoms with van der Waals surface area (Å²) < 4.78 is 0. The molecule has 0 radical (unpaired) electrons. The van der Waals surface area contributed by atoms with Gasteiger partial charge in [-0.1, -0.05) is 19.8 Å². The average Bonchev–Trinajstić information content (AvgIpc) is 2.29. The molecule has 0 bridgehead atoms. The van der Waals surface area contributed by atoms with Crippen molar-refractivity contribution in [2.75, 3.05) is 0 Å². The lowest BCUT2D eigenvalue weighted by atomic mass is 10.0. The Balaban J connectivity index is 2.62. The number of unbranched alkanes of at least 4 members (excludes halogenated alkanes) is 1. The Morgan fingerprint density at radius 2 is 1.94 bits per heavy atom. The smallest absolute Gasteiger partial charge is 0.120 e. The van der Waals surface area contributed by atoms with E-state index in [-0.39, 0.29) is 17.5 Å². The quantitative estimate of drug-likeness (QED) is 0.665. The van der Waals surface area contributed by atoms with Crippen molar-refractivity contribution in [3.8, 4) is 11.5 Å². The van der Waals surface area contributed by atoms with Crippen molar-refractivity contribution in [2.45, 2.75) is 52.1 Å². The van der Waals surface area contributed by atoms with Crippen LogP contribution in [0.4, 0.5) is 0 Å². The van der Waals surface area contributed by atoms with Gasteiger partial charge in [0.1, 0.15) is 11.5 Å². The largest absolute Gasteiger partial charge is 0.508 e. The molecule has 0 spiro atoms. The van der Waals surface area contributed by atoms with Gasteiger partial charge in [-0.05, 0) is 38.5 Å². The third-order valence-electron chi connectivity index (χ3n) is 3.00. The first kappa shape index (κ1) is 13.8. The zero-order valence-corrected chi connectivity index (χ0v) is 10.9. The summed E-state index contributed by atoms with van der Waals surface area (Å²) in [6, 6.07) is 5.08. The number of benzene rings is 1. The van der Waals surface area contributed by atoms with Crippen molar-refractivity contribution < 1.29 is 10.2 Å². The molecule has 1 rings (SSSR count). The van der Waals surface area contributed by atoms with E-state index in [0.717, 1.165) is 12.0 Å². The highest BCUT2D eigenvalue weighted by Crippen LogP contribution is 2.28. The number of phenolic OH excluding ortho intramolecular Hbond substituents is 2. The number of hydrogen-bond donors (Lipinski definition) is 3. The lowest BCUT2D eigenvalue weighted by Gasteiger charge is -2.21. The first-order chi connectivity index (χ1) is 8.04. The van der Waals surface area contributed by atoms with Crippen LogP contribution >= 0.6 is 0 Å². The molecule has 0 fully saturated rings. The first-order valence-corrected chi connectivity index (χ1v) is 6.32. The second kappa shape index (κ2) is 6.50. The molecule has 3 N–H and O–H groups in total. The molecule has 96 valence electrons. The van der Waals surface area contributed by atoms with E-state index in [9.17, 15) is 10.2 Å². The third kappa shape index (κ3) is 4.27.